The number of carbonyl (C=O) groups is 2. The minimum absolute atomic E-state index is 0.124. The lowest BCUT2D eigenvalue weighted by atomic mass is 10.0. The summed E-state index contributed by atoms with van der Waals surface area (Å²) >= 11 is 0. The predicted molar refractivity (Wildman–Crippen MR) is 64.2 cm³/mol. The van der Waals surface area contributed by atoms with Crippen molar-refractivity contribution in [1.82, 2.24) is 9.80 Å². The second kappa shape index (κ2) is 5.14. The lowest BCUT2D eigenvalue weighted by Crippen LogP contribution is -2.52. The van der Waals surface area contributed by atoms with Gasteiger partial charge >= 0.3 is 12.0 Å². The number of β-amino-alcohol motifs (C(OH)–C–C–N with tert-alkyl or cyclic N) is 1. The molecule has 2 heterocycles. The van der Waals surface area contributed by atoms with Crippen molar-refractivity contribution in [2.45, 2.75) is 50.8 Å². The zero-order valence-corrected chi connectivity index (χ0v) is 10.6. The van der Waals surface area contributed by atoms with Crippen molar-refractivity contribution < 1.29 is 19.8 Å². The van der Waals surface area contributed by atoms with Crippen LogP contribution in [0, 0.1) is 0 Å². The van der Waals surface area contributed by atoms with Gasteiger partial charge in [-0.2, -0.15) is 0 Å². The quantitative estimate of drug-likeness (QED) is 0.716. The number of hydrogen-bond donors (Lipinski definition) is 2. The van der Waals surface area contributed by atoms with Crippen molar-refractivity contribution in [2.75, 3.05) is 13.1 Å². The van der Waals surface area contributed by atoms with Gasteiger partial charge in [-0.15, -0.1) is 0 Å². The van der Waals surface area contributed by atoms with Crippen molar-refractivity contribution in [3.63, 3.8) is 0 Å². The van der Waals surface area contributed by atoms with E-state index in [9.17, 15) is 14.7 Å². The molecule has 6 nitrogen and oxygen atoms in total. The number of rotatable bonds is 1. The van der Waals surface area contributed by atoms with Gasteiger partial charge in [-0.05, 0) is 26.2 Å². The number of amides is 2. The first-order valence-corrected chi connectivity index (χ1v) is 6.49. The first kappa shape index (κ1) is 13.1. The molecular formula is C12H20N2O4. The monoisotopic (exact) mass is 256 g/mol. The van der Waals surface area contributed by atoms with Crippen LogP contribution in [0.5, 0.6) is 0 Å². The number of carbonyl (C=O) groups excluding carboxylic acids is 1. The number of aliphatic hydroxyl groups excluding tert-OH is 1. The van der Waals surface area contributed by atoms with Crippen LogP contribution in [0.4, 0.5) is 4.79 Å². The number of urea groups is 1. The van der Waals surface area contributed by atoms with Crippen molar-refractivity contribution in [1.29, 1.82) is 0 Å². The molecule has 18 heavy (non-hydrogen) atoms. The Morgan fingerprint density at radius 3 is 2.56 bits per heavy atom. The third-order valence-corrected chi connectivity index (χ3v) is 3.86. The van der Waals surface area contributed by atoms with E-state index in [4.69, 9.17) is 5.11 Å². The Labute approximate surface area is 106 Å². The summed E-state index contributed by atoms with van der Waals surface area (Å²) in [6.07, 6.45) is 2.43. The molecule has 2 amide bonds. The van der Waals surface area contributed by atoms with Gasteiger partial charge in [0, 0.05) is 25.6 Å². The number of hydrogen-bond acceptors (Lipinski definition) is 3. The highest BCUT2D eigenvalue weighted by Crippen LogP contribution is 2.24. The SMILES string of the molecule is CC1CCCCN1C(=O)N1C[C@H](O)C[C@H]1C(=O)O. The number of aliphatic hydroxyl groups is 1. The van der Waals surface area contributed by atoms with Crippen molar-refractivity contribution in [3.8, 4) is 0 Å². The normalized spacial score (nSPS) is 32.7. The molecule has 0 saturated carbocycles. The molecule has 2 aliphatic rings. The maximum absolute atomic E-state index is 12.3. The van der Waals surface area contributed by atoms with Gasteiger partial charge in [0.15, 0.2) is 0 Å². The molecule has 0 aliphatic carbocycles. The van der Waals surface area contributed by atoms with Gasteiger partial charge in [-0.1, -0.05) is 0 Å². The topological polar surface area (TPSA) is 81.1 Å². The maximum Gasteiger partial charge on any atom is 0.326 e. The molecule has 3 atom stereocenters. The lowest BCUT2D eigenvalue weighted by molar-refractivity contribution is -0.141. The lowest BCUT2D eigenvalue weighted by Gasteiger charge is -2.37. The van der Waals surface area contributed by atoms with Crippen molar-refractivity contribution >= 4 is 12.0 Å². The Hall–Kier alpha value is -1.30. The third-order valence-electron chi connectivity index (χ3n) is 3.86. The molecule has 102 valence electrons. The molecular weight excluding hydrogens is 236 g/mol. The standard InChI is InChI=1S/C12H20N2O4/c1-8-4-2-3-5-13(8)12(18)14-7-9(15)6-10(14)11(16)17/h8-10,15H,2-7H2,1H3,(H,16,17)/t8?,9-,10+/m1/s1. The number of carboxylic acid groups (broad SMARTS) is 1. The molecule has 2 saturated heterocycles. The largest absolute Gasteiger partial charge is 0.480 e. The third kappa shape index (κ3) is 2.43. The Bertz CT molecular complexity index is 347. The van der Waals surface area contributed by atoms with Gasteiger partial charge in [0.1, 0.15) is 6.04 Å². The summed E-state index contributed by atoms with van der Waals surface area (Å²) in [6.45, 7) is 2.79. The van der Waals surface area contributed by atoms with E-state index in [1.807, 2.05) is 6.92 Å². The predicted octanol–water partition coefficient (Wildman–Crippen LogP) is 0.501. The summed E-state index contributed by atoms with van der Waals surface area (Å²) in [5, 5.41) is 18.6. The molecule has 0 bridgehead atoms. The smallest absolute Gasteiger partial charge is 0.326 e. The molecule has 2 N–H and O–H groups in total. The summed E-state index contributed by atoms with van der Waals surface area (Å²) < 4.78 is 0. The second-order valence-electron chi connectivity index (χ2n) is 5.22. The zero-order valence-electron chi connectivity index (χ0n) is 10.6. The summed E-state index contributed by atoms with van der Waals surface area (Å²) in [7, 11) is 0. The van der Waals surface area contributed by atoms with E-state index in [-0.39, 0.29) is 25.0 Å². The number of piperidine rings is 1. The maximum atomic E-state index is 12.3. The molecule has 0 aromatic carbocycles. The van der Waals surface area contributed by atoms with Crippen LogP contribution in [0.2, 0.25) is 0 Å². The summed E-state index contributed by atoms with van der Waals surface area (Å²) in [6, 6.07) is -0.980. The fourth-order valence-electron chi connectivity index (χ4n) is 2.81. The van der Waals surface area contributed by atoms with E-state index >= 15 is 0 Å². The van der Waals surface area contributed by atoms with Gasteiger partial charge in [-0.25, -0.2) is 9.59 Å². The Morgan fingerprint density at radius 1 is 1.22 bits per heavy atom. The molecule has 1 unspecified atom stereocenters. The van der Waals surface area contributed by atoms with Gasteiger partial charge in [0.05, 0.1) is 6.10 Å². The minimum atomic E-state index is -1.04. The number of nitrogens with zero attached hydrogens (tertiary/aromatic N) is 2. The fourth-order valence-corrected chi connectivity index (χ4v) is 2.81. The number of aliphatic carboxylic acids is 1. The van der Waals surface area contributed by atoms with E-state index in [0.717, 1.165) is 19.3 Å². The average molecular weight is 256 g/mol. The highest BCUT2D eigenvalue weighted by atomic mass is 16.4. The molecule has 0 aromatic rings. The van der Waals surface area contributed by atoms with Crippen molar-refractivity contribution in [3.05, 3.63) is 0 Å². The summed E-state index contributed by atoms with van der Waals surface area (Å²) in [4.78, 5) is 26.5. The first-order valence-electron chi connectivity index (χ1n) is 6.49. The fraction of sp³-hybridized carbons (Fsp3) is 0.833. The Balaban J connectivity index is 2.09. The van der Waals surface area contributed by atoms with Crippen LogP contribution in [0.15, 0.2) is 0 Å². The highest BCUT2D eigenvalue weighted by Gasteiger charge is 2.41. The van der Waals surface area contributed by atoms with Gasteiger partial charge in [0.2, 0.25) is 0 Å². The van der Waals surface area contributed by atoms with Crippen LogP contribution in [0.25, 0.3) is 0 Å². The molecule has 0 spiro atoms. The molecule has 2 aliphatic heterocycles. The van der Waals surface area contributed by atoms with Crippen LogP contribution < -0.4 is 0 Å². The van der Waals surface area contributed by atoms with Gasteiger partial charge in [0.25, 0.3) is 0 Å². The zero-order chi connectivity index (χ0) is 13.3. The van der Waals surface area contributed by atoms with E-state index in [0.29, 0.717) is 6.54 Å². The van der Waals surface area contributed by atoms with Gasteiger partial charge in [-0.3, -0.25) is 0 Å². The Kier molecular flexibility index (Phi) is 3.75. The number of carboxylic acids is 1. The molecule has 0 radical (unpaired) electrons. The van der Waals surface area contributed by atoms with E-state index in [1.54, 1.807) is 4.90 Å². The van der Waals surface area contributed by atoms with Gasteiger partial charge < -0.3 is 20.0 Å². The molecule has 2 fully saturated rings. The van der Waals surface area contributed by atoms with Crippen LogP contribution in [-0.4, -0.2) is 63.3 Å². The molecule has 0 aromatic heterocycles. The highest BCUT2D eigenvalue weighted by molar-refractivity contribution is 5.83. The first-order chi connectivity index (χ1) is 8.50. The number of likely N-dealkylation sites (tertiary alicyclic amines) is 2. The summed E-state index contributed by atoms with van der Waals surface area (Å²) in [5.74, 6) is -1.04. The van der Waals surface area contributed by atoms with Crippen molar-refractivity contribution in [2.24, 2.45) is 0 Å². The molecule has 6 heteroatoms. The summed E-state index contributed by atoms with van der Waals surface area (Å²) in [5.41, 5.74) is 0. The van der Waals surface area contributed by atoms with Crippen LogP contribution >= 0.6 is 0 Å². The Morgan fingerprint density at radius 2 is 1.94 bits per heavy atom. The second-order valence-corrected chi connectivity index (χ2v) is 5.22. The molecule has 2 rings (SSSR count). The van der Waals surface area contributed by atoms with E-state index in [1.165, 1.54) is 4.90 Å². The average Bonchev–Trinajstić information content (AvgIpc) is 2.71. The van der Waals surface area contributed by atoms with Crippen LogP contribution in [0.3, 0.4) is 0 Å². The van der Waals surface area contributed by atoms with E-state index in [2.05, 4.69) is 0 Å². The van der Waals surface area contributed by atoms with Crippen LogP contribution in [-0.2, 0) is 4.79 Å². The minimum Gasteiger partial charge on any atom is -0.480 e. The van der Waals surface area contributed by atoms with Crippen LogP contribution in [0.1, 0.15) is 32.6 Å². The van der Waals surface area contributed by atoms with E-state index < -0.39 is 18.1 Å².